The molecule has 1 unspecified atom stereocenters. The number of primary amides is 1. The van der Waals surface area contributed by atoms with Crippen molar-refractivity contribution >= 4 is 35.3 Å². The SMILES string of the molecule is CC(C)C[C@H]1CCN(C(=O)[C@@H](NC(=O)N[C@H](C(=O)c2ccncc2)C(C)C)C(C)(C)C)[C@@H]1C(=O)NC(CC1CC1)C(=O)C(N)=O. The molecule has 0 bridgehead atoms. The highest BCUT2D eigenvalue weighted by molar-refractivity contribution is 6.37. The van der Waals surface area contributed by atoms with Gasteiger partial charge in [0.15, 0.2) is 5.78 Å². The molecule has 12 heteroatoms. The Bertz CT molecular complexity index is 1260. The van der Waals surface area contributed by atoms with Crippen LogP contribution in [0, 0.1) is 29.1 Å². The standard InChI is InChI=1S/C33H50N6O6/c1-18(2)16-22-12-15-39(25(22)30(43)36-23(17-20-8-9-20)27(41)29(34)42)31(44)28(33(5,6)7)38-32(45)37-24(19(3)4)26(40)21-10-13-35-14-11-21/h10-11,13-14,18-20,22-25,28H,8-9,12,15-17H2,1-7H3,(H2,34,42)(H,36,43)(H2,37,38,45)/t22-,23?,24+,25+,28-/m1/s1. The Morgan fingerprint density at radius 2 is 1.56 bits per heavy atom. The Labute approximate surface area is 266 Å². The van der Waals surface area contributed by atoms with Crippen molar-refractivity contribution in [2.24, 2.45) is 34.8 Å². The Morgan fingerprint density at radius 1 is 0.933 bits per heavy atom. The fourth-order valence-electron chi connectivity index (χ4n) is 6.02. The zero-order valence-electron chi connectivity index (χ0n) is 27.6. The second kappa shape index (κ2) is 15.0. The molecule has 1 aliphatic carbocycles. The number of nitrogens with zero attached hydrogens (tertiary/aromatic N) is 2. The van der Waals surface area contributed by atoms with E-state index < -0.39 is 59.1 Å². The fraction of sp³-hybridized carbons (Fsp3) is 0.667. The lowest BCUT2D eigenvalue weighted by Crippen LogP contribution is -2.61. The van der Waals surface area contributed by atoms with Crippen molar-refractivity contribution in [3.63, 3.8) is 0 Å². The third-order valence-electron chi connectivity index (χ3n) is 8.58. The van der Waals surface area contributed by atoms with Crippen molar-refractivity contribution in [2.75, 3.05) is 6.54 Å². The summed E-state index contributed by atoms with van der Waals surface area (Å²) in [6, 6.07) is -1.35. The molecule has 2 heterocycles. The van der Waals surface area contributed by atoms with Gasteiger partial charge in [0.25, 0.3) is 5.91 Å². The summed E-state index contributed by atoms with van der Waals surface area (Å²) < 4.78 is 0. The van der Waals surface area contributed by atoms with Gasteiger partial charge in [-0.25, -0.2) is 4.79 Å². The molecule has 0 radical (unpaired) electrons. The van der Waals surface area contributed by atoms with E-state index in [1.54, 1.807) is 12.1 Å². The zero-order valence-corrected chi connectivity index (χ0v) is 27.6. The summed E-state index contributed by atoms with van der Waals surface area (Å²) in [7, 11) is 0. The van der Waals surface area contributed by atoms with Crippen molar-refractivity contribution in [2.45, 2.75) is 105 Å². The minimum atomic E-state index is -1.11. The van der Waals surface area contributed by atoms with Crippen LogP contribution in [0.2, 0.25) is 0 Å². The van der Waals surface area contributed by atoms with Gasteiger partial charge in [-0.15, -0.1) is 0 Å². The number of nitrogens with one attached hydrogen (secondary N) is 3. The van der Waals surface area contributed by atoms with Crippen molar-refractivity contribution < 1.29 is 28.8 Å². The molecule has 2 fully saturated rings. The molecule has 0 spiro atoms. The Kier molecular flexibility index (Phi) is 11.9. The van der Waals surface area contributed by atoms with Gasteiger partial charge in [-0.3, -0.25) is 29.0 Å². The quantitative estimate of drug-likeness (QED) is 0.181. The van der Waals surface area contributed by atoms with E-state index in [0.29, 0.717) is 24.8 Å². The second-order valence-electron chi connectivity index (χ2n) is 14.4. The van der Waals surface area contributed by atoms with Crippen LogP contribution >= 0.6 is 0 Å². The Balaban J connectivity index is 1.84. The van der Waals surface area contributed by atoms with Gasteiger partial charge >= 0.3 is 6.03 Å². The first-order valence-electron chi connectivity index (χ1n) is 16.0. The Morgan fingerprint density at radius 3 is 2.07 bits per heavy atom. The molecule has 2 aliphatic rings. The van der Waals surface area contributed by atoms with Crippen molar-refractivity contribution in [1.82, 2.24) is 25.8 Å². The summed E-state index contributed by atoms with van der Waals surface area (Å²) in [5.74, 6) is -3.13. The van der Waals surface area contributed by atoms with Gasteiger partial charge in [0.1, 0.15) is 12.1 Å². The molecule has 3 rings (SSSR count). The first-order valence-corrected chi connectivity index (χ1v) is 16.0. The maximum absolute atomic E-state index is 14.3. The molecule has 45 heavy (non-hydrogen) atoms. The summed E-state index contributed by atoms with van der Waals surface area (Å²) >= 11 is 0. The Hall–Kier alpha value is -3.83. The van der Waals surface area contributed by atoms with Gasteiger partial charge in [0.2, 0.25) is 17.6 Å². The van der Waals surface area contributed by atoms with E-state index in [9.17, 15) is 28.8 Å². The molecule has 12 nitrogen and oxygen atoms in total. The molecular weight excluding hydrogens is 576 g/mol. The smallest absolute Gasteiger partial charge is 0.316 e. The highest BCUT2D eigenvalue weighted by Crippen LogP contribution is 2.35. The first kappa shape index (κ1) is 35.6. The lowest BCUT2D eigenvalue weighted by Gasteiger charge is -2.37. The molecule has 5 amide bonds. The van der Waals surface area contributed by atoms with E-state index in [1.807, 2.05) is 48.5 Å². The summed E-state index contributed by atoms with van der Waals surface area (Å²) in [4.78, 5) is 84.5. The molecule has 248 valence electrons. The minimum Gasteiger partial charge on any atom is -0.363 e. The molecule has 1 aromatic rings. The number of pyridine rings is 1. The van der Waals surface area contributed by atoms with Crippen LogP contribution in [0.3, 0.4) is 0 Å². The van der Waals surface area contributed by atoms with Crippen LogP contribution in [0.5, 0.6) is 0 Å². The van der Waals surface area contributed by atoms with E-state index >= 15 is 0 Å². The third kappa shape index (κ3) is 9.58. The van der Waals surface area contributed by atoms with Gasteiger partial charge in [-0.2, -0.15) is 0 Å². The first-order chi connectivity index (χ1) is 21.0. The summed E-state index contributed by atoms with van der Waals surface area (Å²) in [5.41, 5.74) is 4.94. The molecule has 0 aromatic carbocycles. The number of aromatic nitrogens is 1. The molecule has 5 N–H and O–H groups in total. The van der Waals surface area contributed by atoms with E-state index in [2.05, 4.69) is 20.9 Å². The molecule has 1 aliphatic heterocycles. The van der Waals surface area contributed by atoms with Crippen molar-refractivity contribution in [3.8, 4) is 0 Å². The summed E-state index contributed by atoms with van der Waals surface area (Å²) in [5, 5.41) is 8.31. The third-order valence-corrected chi connectivity index (χ3v) is 8.58. The van der Waals surface area contributed by atoms with Crippen LogP contribution in [0.4, 0.5) is 4.79 Å². The van der Waals surface area contributed by atoms with Gasteiger partial charge in [0.05, 0.1) is 12.1 Å². The number of amides is 5. The van der Waals surface area contributed by atoms with E-state index in [4.69, 9.17) is 5.73 Å². The van der Waals surface area contributed by atoms with Crippen LogP contribution in [0.25, 0.3) is 0 Å². The fourth-order valence-corrected chi connectivity index (χ4v) is 6.02. The van der Waals surface area contributed by atoms with Crippen LogP contribution in [0.1, 0.15) is 90.9 Å². The minimum absolute atomic E-state index is 0.183. The van der Waals surface area contributed by atoms with E-state index in [-0.39, 0.29) is 36.0 Å². The number of carbonyl (C=O) groups is 6. The largest absolute Gasteiger partial charge is 0.363 e. The molecule has 1 saturated carbocycles. The number of urea groups is 1. The lowest BCUT2D eigenvalue weighted by atomic mass is 9.85. The number of hydrogen-bond donors (Lipinski definition) is 4. The average Bonchev–Trinajstić information content (AvgIpc) is 3.68. The predicted molar refractivity (Wildman–Crippen MR) is 169 cm³/mol. The number of hydrogen-bond acceptors (Lipinski definition) is 7. The summed E-state index contributed by atoms with van der Waals surface area (Å²) in [6.45, 7) is 13.4. The van der Waals surface area contributed by atoms with E-state index in [0.717, 1.165) is 12.8 Å². The molecule has 5 atom stereocenters. The van der Waals surface area contributed by atoms with Gasteiger partial charge in [0, 0.05) is 24.5 Å². The number of Topliss-reactive ketones (excluding diaryl/α,β-unsaturated/α-hetero) is 2. The maximum atomic E-state index is 14.3. The number of nitrogens with two attached hydrogens (primary N) is 1. The van der Waals surface area contributed by atoms with Crippen molar-refractivity contribution in [1.29, 1.82) is 0 Å². The maximum Gasteiger partial charge on any atom is 0.316 e. The van der Waals surface area contributed by atoms with Crippen molar-refractivity contribution in [3.05, 3.63) is 30.1 Å². The monoisotopic (exact) mass is 626 g/mol. The number of likely N-dealkylation sites (tertiary alicyclic amines) is 1. The van der Waals surface area contributed by atoms with Crippen LogP contribution in [0.15, 0.2) is 24.5 Å². The zero-order chi connectivity index (χ0) is 33.6. The van der Waals surface area contributed by atoms with Gasteiger partial charge in [-0.1, -0.05) is 61.3 Å². The molecule has 1 saturated heterocycles. The lowest BCUT2D eigenvalue weighted by molar-refractivity contribution is -0.144. The van der Waals surface area contributed by atoms with Crippen LogP contribution in [-0.4, -0.2) is 75.9 Å². The molecular formula is C33H50N6O6. The molecule has 1 aromatic heterocycles. The topological polar surface area (TPSA) is 181 Å². The average molecular weight is 627 g/mol. The highest BCUT2D eigenvalue weighted by atomic mass is 16.2. The van der Waals surface area contributed by atoms with Gasteiger partial charge < -0.3 is 26.6 Å². The summed E-state index contributed by atoms with van der Waals surface area (Å²) in [6.07, 6.45) is 6.39. The normalized spacial score (nSPS) is 20.3. The predicted octanol–water partition coefficient (Wildman–Crippen LogP) is 2.61. The van der Waals surface area contributed by atoms with Gasteiger partial charge in [-0.05, 0) is 60.5 Å². The number of ketones is 2. The van der Waals surface area contributed by atoms with E-state index in [1.165, 1.54) is 17.3 Å². The van der Waals surface area contributed by atoms with Crippen LogP contribution in [-0.2, 0) is 19.2 Å². The highest BCUT2D eigenvalue weighted by Gasteiger charge is 2.47. The second-order valence-corrected chi connectivity index (χ2v) is 14.4. The number of rotatable bonds is 14. The van der Waals surface area contributed by atoms with Crippen LogP contribution < -0.4 is 21.7 Å². The number of carbonyl (C=O) groups excluding carboxylic acids is 6.